The molecule has 14 unspecified atom stereocenters. The number of aliphatic hydroxyl groups excluding tert-OH is 2. The van der Waals surface area contributed by atoms with Crippen LogP contribution in [0.1, 0.15) is 150 Å². The summed E-state index contributed by atoms with van der Waals surface area (Å²) in [5, 5.41) is 116. The van der Waals surface area contributed by atoms with E-state index in [0.29, 0.717) is 56.4 Å². The predicted molar refractivity (Wildman–Crippen MR) is 337 cm³/mol. The van der Waals surface area contributed by atoms with Crippen LogP contribution in [0.2, 0.25) is 0 Å². The van der Waals surface area contributed by atoms with Crippen LogP contribution in [0.25, 0.3) is 11.0 Å². The second-order valence-electron chi connectivity index (χ2n) is 26.8. The number of aliphatic imine (C=N–C) groups is 2. The number of halogens is 1. The Morgan fingerprint density at radius 1 is 0.871 bits per heavy atom. The smallest absolute Gasteiger partial charge is 0.862 e. The van der Waals surface area contributed by atoms with Crippen LogP contribution >= 0.6 is 20.2 Å². The normalized spacial score (nSPS) is 30.8. The number of carbonyl (C=O) groups is 3. The van der Waals surface area contributed by atoms with Crippen molar-refractivity contribution in [2.24, 2.45) is 60.9 Å². The fourth-order valence-electron chi connectivity index (χ4n) is 15.3. The molecule has 93 heavy (non-hydrogen) atoms. The van der Waals surface area contributed by atoms with E-state index in [1.54, 1.807) is 30.8 Å². The molecule has 0 spiro atoms. The zero-order valence-electron chi connectivity index (χ0n) is 54.2. The zero-order valence-corrected chi connectivity index (χ0v) is 57.0. The maximum atomic E-state index is 14.4. The van der Waals surface area contributed by atoms with Gasteiger partial charge in [-0.25, -0.2) is 9.55 Å². The Kier molecular flexibility index (Phi) is 24.0. The van der Waals surface area contributed by atoms with Gasteiger partial charge in [0.2, 0.25) is 30.3 Å². The van der Waals surface area contributed by atoms with E-state index in [2.05, 4.69) is 20.9 Å². The number of aryl methyl sites for hydroxylation is 2. The van der Waals surface area contributed by atoms with Gasteiger partial charge in [-0.3, -0.25) is 33.4 Å². The number of ether oxygens (including phenoxy) is 1. The number of primary amides is 2. The Labute approximate surface area is 557 Å². The zero-order chi connectivity index (χ0) is 66.7. The SMILES string of the molecule is CC1=C2N/C(=C\C3=C(CCC(=N)[O-])C(C)(CC(N)=O)C(=N3)C(C)=C3NC(C)(C4N=C1C(C)(CCC(=O)NCC(C)OP(=O)(O)OC1C(CO)OC([n+]5c[nH]c6cc(C)c(C)cc65)C1O)C4CC(=N)[O-])C(C)(CC(N)=O)C3CCC(=N)[O-])C(C)(C)C2CCC(=N)[O-].Cl.O.[Co+3]. The number of imidazole rings is 1. The van der Waals surface area contributed by atoms with Crippen molar-refractivity contribution in [3.63, 3.8) is 0 Å². The first-order chi connectivity index (χ1) is 41.8. The van der Waals surface area contributed by atoms with E-state index in [0.717, 1.165) is 16.6 Å². The van der Waals surface area contributed by atoms with Crippen LogP contribution in [0.3, 0.4) is 0 Å². The standard InChI is InChI=1S/C62H90N13O14P.ClH.Co.H2O/c1-29-20-39-40(21-30(29)2)75(28-70-39)57-52(84)53(41(27-76)87-57)89-90(85,86)88-31(3)26-69-49(83)18-19-59(8)37(22-46(66)80)56-62(11)61(10,25-48(68)82)36(14-17-45(65)79)51(74-62)33(5)55-60(9,24-47(67)81)34(12-15-43(63)77)38(71-55)23-42-58(6,7)35(13-16-44(64)78)50(72-42)32(4)54(59)73-56;;;/h20-21,23,28,31,35-37,41,52-53,56-57,76,84H,12-19,22,24-27H2,1-11H3,(H16,63,64,65,66,67,68,69,71,72,73,74,77,78,79,80,81,82,83,85,86);1H;;1H2/q;;+3;/p-3/b42-23-;;;. The van der Waals surface area contributed by atoms with E-state index in [-0.39, 0.29) is 105 Å². The summed E-state index contributed by atoms with van der Waals surface area (Å²) < 4.78 is 32.3. The molecule has 2 aromatic rings. The van der Waals surface area contributed by atoms with Gasteiger partial charge in [-0.15, -0.1) is 12.4 Å². The van der Waals surface area contributed by atoms with Crippen LogP contribution in [0.4, 0.5) is 0 Å². The molecule has 0 aliphatic carbocycles. The van der Waals surface area contributed by atoms with Crippen LogP contribution in [0, 0.1) is 74.9 Å². The third kappa shape index (κ3) is 14.9. The molecule has 3 saturated heterocycles. The average Bonchev–Trinajstić information content (AvgIpc) is 1.53. The van der Waals surface area contributed by atoms with Crippen molar-refractivity contribution < 1.29 is 95.1 Å². The predicted octanol–water partition coefficient (Wildman–Crippen LogP) is 1.37. The van der Waals surface area contributed by atoms with Gasteiger partial charge in [-0.2, -0.15) is 4.57 Å². The molecule has 1 aromatic heterocycles. The first kappa shape index (κ1) is 77.3. The minimum atomic E-state index is -5.07. The molecule has 3 amide bonds. The second-order valence-corrected chi connectivity index (χ2v) is 28.2. The third-order valence-electron chi connectivity index (χ3n) is 20.4. The summed E-state index contributed by atoms with van der Waals surface area (Å²) >= 11 is 0. The van der Waals surface area contributed by atoms with Crippen molar-refractivity contribution in [3.05, 3.63) is 75.2 Å². The number of phosphoric ester groups is 1. The summed E-state index contributed by atoms with van der Waals surface area (Å²) in [6.45, 7) is 19.0. The Morgan fingerprint density at radius 3 is 2.04 bits per heavy atom. The second kappa shape index (κ2) is 28.9. The van der Waals surface area contributed by atoms with E-state index < -0.39 is 144 Å². The van der Waals surface area contributed by atoms with Crippen molar-refractivity contribution in [1.29, 1.82) is 21.6 Å². The van der Waals surface area contributed by atoms with Gasteiger partial charge < -0.3 is 94.8 Å². The number of aliphatic hydroxyl groups is 2. The molecule has 514 valence electrons. The molecule has 14 atom stereocenters. The molecule has 6 aliphatic heterocycles. The number of fused-ring (bicyclic) bond motifs is 8. The van der Waals surface area contributed by atoms with E-state index in [4.69, 9.17) is 56.9 Å². The maximum Gasteiger partial charge on any atom is 3.00 e. The van der Waals surface area contributed by atoms with Gasteiger partial charge in [0.25, 0.3) is 0 Å². The molecular weight excluding hydrogens is 1290 g/mol. The summed E-state index contributed by atoms with van der Waals surface area (Å²) in [6.07, 6.45) is -5.18. The number of aromatic amines is 1. The van der Waals surface area contributed by atoms with Crippen molar-refractivity contribution in [3.8, 4) is 0 Å². The number of rotatable bonds is 26. The van der Waals surface area contributed by atoms with E-state index in [1.165, 1.54) is 6.92 Å². The summed E-state index contributed by atoms with van der Waals surface area (Å²) in [4.78, 5) is 66.6. The number of nitrogens with zero attached hydrogens (tertiary/aromatic N) is 3. The Morgan fingerprint density at radius 2 is 1.46 bits per heavy atom. The number of hydrogen-bond acceptors (Lipinski definition) is 21. The van der Waals surface area contributed by atoms with Crippen molar-refractivity contribution >= 4 is 84.0 Å². The average molecular weight is 1380 g/mol. The van der Waals surface area contributed by atoms with Crippen LogP contribution in [0.15, 0.2) is 74.0 Å². The summed E-state index contributed by atoms with van der Waals surface area (Å²) in [6, 6.07) is 2.75. The molecule has 28 nitrogen and oxygen atoms in total. The van der Waals surface area contributed by atoms with Gasteiger partial charge in [0.05, 0.1) is 35.7 Å². The van der Waals surface area contributed by atoms with Crippen LogP contribution in [-0.2, 0) is 49.5 Å². The number of aromatic nitrogens is 2. The largest absolute Gasteiger partial charge is 3.00 e. The number of H-pyrrole nitrogens is 1. The molecular formula is C62H90ClCoN13O15P. The molecule has 7 heterocycles. The first-order valence-electron chi connectivity index (χ1n) is 30.4. The summed E-state index contributed by atoms with van der Waals surface area (Å²) in [5.41, 5.74) is 13.6. The fourth-order valence-corrected chi connectivity index (χ4v) is 16.5. The van der Waals surface area contributed by atoms with Gasteiger partial charge in [-0.1, -0.05) is 27.7 Å². The minimum absolute atomic E-state index is 0. The number of nitrogens with one attached hydrogen (secondary N) is 8. The van der Waals surface area contributed by atoms with Gasteiger partial charge in [-0.05, 0) is 175 Å². The van der Waals surface area contributed by atoms with Crippen LogP contribution < -0.4 is 52.4 Å². The number of allylic oxidation sites excluding steroid dienone is 7. The topological polar surface area (TPSA) is 508 Å². The minimum Gasteiger partial charge on any atom is -0.862 e. The van der Waals surface area contributed by atoms with Gasteiger partial charge in [0, 0.05) is 82.1 Å². The first-order valence-corrected chi connectivity index (χ1v) is 31.9. The number of benzene rings is 1. The Bertz CT molecular complexity index is 3570. The van der Waals surface area contributed by atoms with Gasteiger partial charge >= 0.3 is 24.6 Å². The molecule has 17 N–H and O–H groups in total. The van der Waals surface area contributed by atoms with E-state index in [1.807, 2.05) is 67.5 Å². The van der Waals surface area contributed by atoms with Crippen LogP contribution in [-0.4, -0.2) is 127 Å². The van der Waals surface area contributed by atoms with Crippen LogP contribution in [0.5, 0.6) is 0 Å². The number of nitrogens with two attached hydrogens (primary N) is 2. The molecule has 31 heteroatoms. The quantitative estimate of drug-likeness (QED) is 0.0274. The van der Waals surface area contributed by atoms with E-state index in [9.17, 15) is 54.5 Å². The Hall–Kier alpha value is -6.37. The maximum absolute atomic E-state index is 14.4. The molecule has 8 bridgehead atoms. The molecule has 3 fully saturated rings. The van der Waals surface area contributed by atoms with Crippen molar-refractivity contribution in [1.82, 2.24) is 20.9 Å². The molecule has 1 aromatic carbocycles. The molecule has 0 radical (unpaired) electrons. The van der Waals surface area contributed by atoms with E-state index >= 15 is 0 Å². The van der Waals surface area contributed by atoms with Gasteiger partial charge in [0.1, 0.15) is 18.3 Å². The monoisotopic (exact) mass is 1380 g/mol. The number of phosphoric acid groups is 1. The summed E-state index contributed by atoms with van der Waals surface area (Å²) in [5.74, 6) is -7.86. The summed E-state index contributed by atoms with van der Waals surface area (Å²) in [7, 11) is -5.07. The fraction of sp³-hybridized carbons (Fsp3) is 0.613. The number of hydrogen-bond donors (Lipinski definition) is 13. The molecule has 6 aliphatic rings. The number of amides is 3. The Balaban J connectivity index is 0.00000523. The molecule has 0 saturated carbocycles. The van der Waals surface area contributed by atoms with Crippen molar-refractivity contribution in [2.45, 2.75) is 189 Å². The van der Waals surface area contributed by atoms with Gasteiger partial charge in [0.15, 0.2) is 11.0 Å². The third-order valence-corrected chi connectivity index (χ3v) is 21.6. The van der Waals surface area contributed by atoms with Crippen molar-refractivity contribution in [2.75, 3.05) is 13.2 Å². The number of carbonyl (C=O) groups excluding carboxylic acids is 3. The molecule has 8 rings (SSSR count).